The van der Waals surface area contributed by atoms with E-state index in [9.17, 15) is 4.79 Å². The Morgan fingerprint density at radius 3 is 2.45 bits per heavy atom. The van der Waals surface area contributed by atoms with Crippen molar-refractivity contribution in [3.05, 3.63) is 0 Å². The van der Waals surface area contributed by atoms with E-state index >= 15 is 0 Å². The van der Waals surface area contributed by atoms with Crippen LogP contribution in [0, 0.1) is 5.41 Å². The van der Waals surface area contributed by atoms with Crippen LogP contribution in [0.15, 0.2) is 5.16 Å². The van der Waals surface area contributed by atoms with Crippen molar-refractivity contribution in [1.82, 2.24) is 4.90 Å². The Morgan fingerprint density at radius 2 is 1.95 bits per heavy atom. The van der Waals surface area contributed by atoms with Gasteiger partial charge in [0.2, 0.25) is 5.91 Å². The van der Waals surface area contributed by atoms with E-state index in [-0.39, 0.29) is 11.7 Å². The van der Waals surface area contributed by atoms with Crippen LogP contribution in [0.3, 0.4) is 0 Å². The summed E-state index contributed by atoms with van der Waals surface area (Å²) in [6.45, 7) is 1.24. The lowest BCUT2D eigenvalue weighted by atomic mass is 9.77. The van der Waals surface area contributed by atoms with Crippen molar-refractivity contribution in [3.63, 3.8) is 0 Å². The molecule has 0 heterocycles. The monoisotopic (exact) mass is 285 g/mol. The smallest absolute Gasteiger partial charge is 0.236 e. The van der Waals surface area contributed by atoms with Crippen LogP contribution < -0.4 is 5.73 Å². The third kappa shape index (κ3) is 3.85. The third-order valence-corrected chi connectivity index (χ3v) is 4.15. The third-order valence-electron chi connectivity index (χ3n) is 4.15. The number of nitrogens with two attached hydrogens (primary N) is 1. The van der Waals surface area contributed by atoms with Gasteiger partial charge >= 0.3 is 0 Å². The number of nitrogens with zero attached hydrogens (tertiary/aromatic N) is 2. The van der Waals surface area contributed by atoms with Crippen LogP contribution in [0.1, 0.15) is 44.9 Å². The highest BCUT2D eigenvalue weighted by atomic mass is 16.5. The highest BCUT2D eigenvalue weighted by molar-refractivity contribution is 6.06. The Hall–Kier alpha value is -1.30. The second-order valence-corrected chi connectivity index (χ2v) is 5.55. The molecule has 3 N–H and O–H groups in total. The minimum Gasteiger partial charge on any atom is -0.409 e. The number of methoxy groups -OCH3 is 1. The first kappa shape index (κ1) is 16.8. The molecule has 0 aliphatic heterocycles. The van der Waals surface area contributed by atoms with Crippen LogP contribution in [-0.2, 0) is 9.53 Å². The van der Waals surface area contributed by atoms with E-state index in [1.165, 1.54) is 0 Å². The molecule has 6 heteroatoms. The van der Waals surface area contributed by atoms with Gasteiger partial charge in [-0.25, -0.2) is 0 Å². The number of ether oxygens (including phenoxy) is 1. The molecule has 0 atom stereocenters. The molecule has 1 aliphatic rings. The standard InChI is InChI=1S/C14H27N3O3/c1-17(10-7-11-20-2)13(18)14(12(15)16-19)8-5-3-4-6-9-14/h19H,3-11H2,1-2H3,(H2,15,16). The Bertz CT molecular complexity index is 337. The molecule has 20 heavy (non-hydrogen) atoms. The zero-order valence-corrected chi connectivity index (χ0v) is 12.6. The number of carbonyl (C=O) groups excluding carboxylic acids is 1. The highest BCUT2D eigenvalue weighted by Crippen LogP contribution is 2.37. The van der Waals surface area contributed by atoms with Gasteiger partial charge in [0, 0.05) is 27.3 Å². The molecule has 1 aliphatic carbocycles. The van der Waals surface area contributed by atoms with Gasteiger partial charge in [-0.05, 0) is 19.3 Å². The molecule has 6 nitrogen and oxygen atoms in total. The van der Waals surface area contributed by atoms with Gasteiger partial charge in [0.1, 0.15) is 5.41 Å². The summed E-state index contributed by atoms with van der Waals surface area (Å²) in [7, 11) is 3.42. The summed E-state index contributed by atoms with van der Waals surface area (Å²) in [4.78, 5) is 14.5. The zero-order chi connectivity index (χ0) is 15.0. The van der Waals surface area contributed by atoms with Gasteiger partial charge in [0.05, 0.1) is 0 Å². The van der Waals surface area contributed by atoms with Gasteiger partial charge < -0.3 is 20.6 Å². The van der Waals surface area contributed by atoms with Gasteiger partial charge in [-0.3, -0.25) is 4.79 Å². The first-order chi connectivity index (χ1) is 9.58. The molecule has 1 amide bonds. The van der Waals surface area contributed by atoms with Crippen LogP contribution in [0.4, 0.5) is 0 Å². The molecule has 0 unspecified atom stereocenters. The Labute approximate surface area is 120 Å². The van der Waals surface area contributed by atoms with E-state index in [0.717, 1.165) is 32.1 Å². The molecule has 0 aromatic carbocycles. The fourth-order valence-electron chi connectivity index (χ4n) is 2.92. The minimum absolute atomic E-state index is 0.0363. The minimum atomic E-state index is -0.826. The predicted octanol–water partition coefficient (Wildman–Crippen LogP) is 1.57. The normalized spacial score (nSPS) is 19.4. The fraction of sp³-hybridized carbons (Fsp3) is 0.857. The average Bonchev–Trinajstić information content (AvgIpc) is 2.72. The summed E-state index contributed by atoms with van der Waals surface area (Å²) in [5.74, 6) is 0.0220. The highest BCUT2D eigenvalue weighted by Gasteiger charge is 2.44. The van der Waals surface area contributed by atoms with E-state index in [2.05, 4.69) is 5.16 Å². The SMILES string of the molecule is COCCCN(C)C(=O)C1(C(N)=NO)CCCCCC1. The molecule has 0 saturated heterocycles. The number of oxime groups is 1. The van der Waals surface area contributed by atoms with E-state index in [1.54, 1.807) is 19.1 Å². The van der Waals surface area contributed by atoms with Crippen molar-refractivity contribution in [2.75, 3.05) is 27.3 Å². The molecule has 1 fully saturated rings. The lowest BCUT2D eigenvalue weighted by molar-refractivity contribution is -0.138. The van der Waals surface area contributed by atoms with Crippen molar-refractivity contribution in [2.45, 2.75) is 44.9 Å². The quantitative estimate of drug-likeness (QED) is 0.194. The molecular weight excluding hydrogens is 258 g/mol. The van der Waals surface area contributed by atoms with E-state index in [1.807, 2.05) is 0 Å². The summed E-state index contributed by atoms with van der Waals surface area (Å²) < 4.78 is 5.00. The van der Waals surface area contributed by atoms with Crippen molar-refractivity contribution in [3.8, 4) is 0 Å². The maximum Gasteiger partial charge on any atom is 0.236 e. The number of amidine groups is 1. The molecule has 0 aromatic heterocycles. The fourth-order valence-corrected chi connectivity index (χ4v) is 2.92. The lowest BCUT2D eigenvalue weighted by Gasteiger charge is -2.34. The molecule has 0 aromatic rings. The van der Waals surface area contributed by atoms with Crippen molar-refractivity contribution in [2.24, 2.45) is 16.3 Å². The topological polar surface area (TPSA) is 88.2 Å². The predicted molar refractivity (Wildman–Crippen MR) is 77.7 cm³/mol. The number of rotatable bonds is 6. The molecule has 116 valence electrons. The van der Waals surface area contributed by atoms with Crippen LogP contribution in [0.5, 0.6) is 0 Å². The van der Waals surface area contributed by atoms with E-state index in [4.69, 9.17) is 15.7 Å². The van der Waals surface area contributed by atoms with Crippen LogP contribution in [0.25, 0.3) is 0 Å². The molecule has 1 rings (SSSR count). The second kappa shape index (κ2) is 8.09. The van der Waals surface area contributed by atoms with Gasteiger partial charge in [-0.2, -0.15) is 0 Å². The van der Waals surface area contributed by atoms with Crippen LogP contribution >= 0.6 is 0 Å². The summed E-state index contributed by atoms with van der Waals surface area (Å²) >= 11 is 0. The molecule has 0 radical (unpaired) electrons. The lowest BCUT2D eigenvalue weighted by Crippen LogP contribution is -2.50. The second-order valence-electron chi connectivity index (χ2n) is 5.55. The van der Waals surface area contributed by atoms with Gasteiger partial charge in [0.25, 0.3) is 0 Å². The van der Waals surface area contributed by atoms with Gasteiger partial charge in [0.15, 0.2) is 5.84 Å². The Balaban J connectivity index is 2.84. The number of carbonyl (C=O) groups is 1. The maximum atomic E-state index is 12.8. The maximum absolute atomic E-state index is 12.8. The summed E-state index contributed by atoms with van der Waals surface area (Å²) in [6.07, 6.45) is 6.18. The van der Waals surface area contributed by atoms with Gasteiger partial charge in [-0.1, -0.05) is 30.8 Å². The van der Waals surface area contributed by atoms with Crippen LogP contribution in [0.2, 0.25) is 0 Å². The van der Waals surface area contributed by atoms with E-state index < -0.39 is 5.41 Å². The van der Waals surface area contributed by atoms with Crippen LogP contribution in [-0.4, -0.2) is 49.2 Å². The van der Waals surface area contributed by atoms with E-state index in [0.29, 0.717) is 26.0 Å². The first-order valence-electron chi connectivity index (χ1n) is 7.31. The molecule has 0 spiro atoms. The molecule has 0 bridgehead atoms. The summed E-state index contributed by atoms with van der Waals surface area (Å²) in [5.41, 5.74) is 5.05. The zero-order valence-electron chi connectivity index (χ0n) is 12.6. The van der Waals surface area contributed by atoms with Gasteiger partial charge in [-0.15, -0.1) is 0 Å². The average molecular weight is 285 g/mol. The van der Waals surface area contributed by atoms with Crippen molar-refractivity contribution < 1.29 is 14.7 Å². The van der Waals surface area contributed by atoms with Crippen molar-refractivity contribution in [1.29, 1.82) is 0 Å². The Kier molecular flexibility index (Phi) is 6.78. The molecule has 1 saturated carbocycles. The summed E-state index contributed by atoms with van der Waals surface area (Å²) in [6, 6.07) is 0. The number of amides is 1. The molecular formula is C14H27N3O3. The summed E-state index contributed by atoms with van der Waals surface area (Å²) in [5, 5.41) is 12.2. The largest absolute Gasteiger partial charge is 0.409 e. The number of hydrogen-bond acceptors (Lipinski definition) is 4. The first-order valence-corrected chi connectivity index (χ1v) is 7.31. The van der Waals surface area contributed by atoms with Crippen molar-refractivity contribution >= 4 is 11.7 Å². The Morgan fingerprint density at radius 1 is 1.35 bits per heavy atom. The number of hydrogen-bond donors (Lipinski definition) is 2.